The Morgan fingerprint density at radius 1 is 1.31 bits per heavy atom. The van der Waals surface area contributed by atoms with Crippen molar-refractivity contribution in [2.45, 2.75) is 19.8 Å². The maximum Gasteiger partial charge on any atom is 0.326 e. The van der Waals surface area contributed by atoms with Crippen LogP contribution in [-0.4, -0.2) is 34.6 Å². The highest BCUT2D eigenvalue weighted by molar-refractivity contribution is 5.79. The molecule has 0 aromatic carbocycles. The molecular formula is C10H16N4O2. The zero-order valence-electron chi connectivity index (χ0n) is 9.27. The van der Waals surface area contributed by atoms with E-state index in [1.165, 1.54) is 17.1 Å². The second-order valence-corrected chi connectivity index (χ2v) is 3.30. The van der Waals surface area contributed by atoms with Gasteiger partial charge in [0.05, 0.1) is 0 Å². The third-order valence-electron chi connectivity index (χ3n) is 1.94. The molecule has 0 aliphatic heterocycles. The lowest BCUT2D eigenvalue weighted by molar-refractivity contribution is -0.120. The van der Waals surface area contributed by atoms with Crippen molar-refractivity contribution in [3.05, 3.63) is 18.7 Å². The van der Waals surface area contributed by atoms with Crippen molar-refractivity contribution in [1.82, 2.24) is 20.2 Å². The molecule has 1 rings (SSSR count). The molecule has 0 radical (unpaired) electrons. The molecule has 1 heterocycles. The summed E-state index contributed by atoms with van der Waals surface area (Å²) in [5.41, 5.74) is 0. The van der Waals surface area contributed by atoms with E-state index in [9.17, 15) is 9.59 Å². The minimum Gasteiger partial charge on any atom is -0.356 e. The zero-order chi connectivity index (χ0) is 11.8. The first-order valence-corrected chi connectivity index (χ1v) is 5.27. The first-order chi connectivity index (χ1) is 7.74. The summed E-state index contributed by atoms with van der Waals surface area (Å²) in [5, 5.41) is 5.35. The van der Waals surface area contributed by atoms with Gasteiger partial charge in [-0.05, 0) is 6.42 Å². The zero-order valence-corrected chi connectivity index (χ0v) is 9.27. The Morgan fingerprint density at radius 3 is 2.75 bits per heavy atom. The molecule has 0 aliphatic carbocycles. The fourth-order valence-electron chi connectivity index (χ4n) is 1.11. The Kier molecular flexibility index (Phi) is 5.04. The smallest absolute Gasteiger partial charge is 0.326 e. The van der Waals surface area contributed by atoms with Crippen molar-refractivity contribution < 1.29 is 9.59 Å². The Morgan fingerprint density at radius 2 is 2.12 bits per heavy atom. The molecule has 0 saturated carbocycles. The first kappa shape index (κ1) is 12.2. The van der Waals surface area contributed by atoms with Crippen molar-refractivity contribution in [1.29, 1.82) is 0 Å². The van der Waals surface area contributed by atoms with E-state index in [0.717, 1.165) is 6.42 Å². The van der Waals surface area contributed by atoms with Crippen LogP contribution in [0.15, 0.2) is 18.7 Å². The molecule has 0 saturated heterocycles. The van der Waals surface area contributed by atoms with Crippen LogP contribution >= 0.6 is 0 Å². The van der Waals surface area contributed by atoms with Crippen LogP contribution in [0, 0.1) is 0 Å². The molecular weight excluding hydrogens is 208 g/mol. The fraction of sp³-hybridized carbons (Fsp3) is 0.500. The summed E-state index contributed by atoms with van der Waals surface area (Å²) in [5.74, 6) is -0.0484. The number of amides is 2. The van der Waals surface area contributed by atoms with E-state index in [0.29, 0.717) is 19.5 Å². The molecule has 0 unspecified atom stereocenters. The van der Waals surface area contributed by atoms with Gasteiger partial charge in [-0.3, -0.25) is 9.36 Å². The van der Waals surface area contributed by atoms with Crippen LogP contribution in [0.1, 0.15) is 19.8 Å². The van der Waals surface area contributed by atoms with Crippen molar-refractivity contribution in [3.8, 4) is 0 Å². The molecule has 6 heteroatoms. The average Bonchev–Trinajstić information content (AvgIpc) is 2.79. The molecule has 16 heavy (non-hydrogen) atoms. The van der Waals surface area contributed by atoms with Crippen LogP contribution in [0.5, 0.6) is 0 Å². The lowest BCUT2D eigenvalue weighted by Crippen LogP contribution is -2.32. The van der Waals surface area contributed by atoms with Crippen LogP contribution in [0.25, 0.3) is 0 Å². The van der Waals surface area contributed by atoms with Gasteiger partial charge in [-0.1, -0.05) is 6.92 Å². The number of imidazole rings is 1. The lowest BCUT2D eigenvalue weighted by Gasteiger charge is -2.05. The van der Waals surface area contributed by atoms with Gasteiger partial charge in [0.25, 0.3) is 0 Å². The standard InChI is InChI=1S/C10H16N4O2/c1-2-4-12-9(15)3-5-13-10(16)14-7-6-11-8-14/h6-8H,2-5H2,1H3,(H,12,15)(H,13,16). The predicted octanol–water partition coefficient (Wildman–Crippen LogP) is 0.357. The predicted molar refractivity (Wildman–Crippen MR) is 58.9 cm³/mol. The quantitative estimate of drug-likeness (QED) is 0.758. The number of hydrogen-bond acceptors (Lipinski definition) is 3. The second-order valence-electron chi connectivity index (χ2n) is 3.30. The molecule has 88 valence electrons. The Balaban J connectivity index is 2.16. The van der Waals surface area contributed by atoms with Gasteiger partial charge in [-0.15, -0.1) is 0 Å². The third-order valence-corrected chi connectivity index (χ3v) is 1.94. The summed E-state index contributed by atoms with van der Waals surface area (Å²) in [6.07, 6.45) is 5.68. The average molecular weight is 224 g/mol. The van der Waals surface area contributed by atoms with Crippen LogP contribution in [0.4, 0.5) is 4.79 Å². The molecule has 0 fully saturated rings. The van der Waals surface area contributed by atoms with Crippen molar-refractivity contribution in [2.75, 3.05) is 13.1 Å². The maximum absolute atomic E-state index is 11.4. The summed E-state index contributed by atoms with van der Waals surface area (Å²) in [6.45, 7) is 2.99. The number of nitrogens with zero attached hydrogens (tertiary/aromatic N) is 2. The number of carbonyl (C=O) groups is 2. The van der Waals surface area contributed by atoms with Gasteiger partial charge in [0.2, 0.25) is 5.91 Å². The van der Waals surface area contributed by atoms with Crippen LogP contribution in [-0.2, 0) is 4.79 Å². The van der Waals surface area contributed by atoms with E-state index >= 15 is 0 Å². The second kappa shape index (κ2) is 6.60. The summed E-state index contributed by atoms with van der Waals surface area (Å²) in [6, 6.07) is -0.277. The topological polar surface area (TPSA) is 76.0 Å². The van der Waals surface area contributed by atoms with Gasteiger partial charge in [0.1, 0.15) is 6.33 Å². The summed E-state index contributed by atoms with van der Waals surface area (Å²) in [7, 11) is 0. The van der Waals surface area contributed by atoms with Crippen LogP contribution < -0.4 is 10.6 Å². The normalized spacial score (nSPS) is 9.81. The minimum absolute atomic E-state index is 0.0484. The van der Waals surface area contributed by atoms with Gasteiger partial charge in [0, 0.05) is 31.9 Å². The van der Waals surface area contributed by atoms with E-state index in [1.807, 2.05) is 6.92 Å². The van der Waals surface area contributed by atoms with E-state index in [4.69, 9.17) is 0 Å². The van der Waals surface area contributed by atoms with E-state index in [-0.39, 0.29) is 11.9 Å². The fourth-order valence-corrected chi connectivity index (χ4v) is 1.11. The lowest BCUT2D eigenvalue weighted by atomic mass is 10.4. The van der Waals surface area contributed by atoms with Gasteiger partial charge in [-0.2, -0.15) is 0 Å². The third kappa shape index (κ3) is 4.12. The van der Waals surface area contributed by atoms with Crippen LogP contribution in [0.3, 0.4) is 0 Å². The van der Waals surface area contributed by atoms with Gasteiger partial charge >= 0.3 is 6.03 Å². The van der Waals surface area contributed by atoms with E-state index in [2.05, 4.69) is 15.6 Å². The molecule has 6 nitrogen and oxygen atoms in total. The number of aromatic nitrogens is 2. The molecule has 2 amide bonds. The molecule has 0 spiro atoms. The number of hydrogen-bond donors (Lipinski definition) is 2. The van der Waals surface area contributed by atoms with Gasteiger partial charge in [-0.25, -0.2) is 9.78 Å². The molecule has 0 aliphatic rings. The Labute approximate surface area is 94.0 Å². The monoisotopic (exact) mass is 224 g/mol. The molecule has 0 atom stereocenters. The molecule has 2 N–H and O–H groups in total. The minimum atomic E-state index is -0.277. The first-order valence-electron chi connectivity index (χ1n) is 5.27. The van der Waals surface area contributed by atoms with Gasteiger partial charge in [0.15, 0.2) is 0 Å². The summed E-state index contributed by atoms with van der Waals surface area (Å²) < 4.78 is 1.32. The summed E-state index contributed by atoms with van der Waals surface area (Å²) in [4.78, 5) is 26.3. The van der Waals surface area contributed by atoms with Crippen molar-refractivity contribution in [2.24, 2.45) is 0 Å². The summed E-state index contributed by atoms with van der Waals surface area (Å²) >= 11 is 0. The van der Waals surface area contributed by atoms with Crippen LogP contribution in [0.2, 0.25) is 0 Å². The molecule has 1 aromatic rings. The molecule has 1 aromatic heterocycles. The number of nitrogens with one attached hydrogen (secondary N) is 2. The van der Waals surface area contributed by atoms with E-state index < -0.39 is 0 Å². The molecule has 0 bridgehead atoms. The van der Waals surface area contributed by atoms with Gasteiger partial charge < -0.3 is 10.6 Å². The highest BCUT2D eigenvalue weighted by Gasteiger charge is 2.04. The van der Waals surface area contributed by atoms with Crippen molar-refractivity contribution in [3.63, 3.8) is 0 Å². The highest BCUT2D eigenvalue weighted by atomic mass is 16.2. The maximum atomic E-state index is 11.4. The van der Waals surface area contributed by atoms with E-state index in [1.54, 1.807) is 6.20 Å². The SMILES string of the molecule is CCCNC(=O)CCNC(=O)n1ccnc1. The largest absolute Gasteiger partial charge is 0.356 e. The highest BCUT2D eigenvalue weighted by Crippen LogP contribution is 1.85. The Hall–Kier alpha value is -1.85. The number of carbonyl (C=O) groups excluding carboxylic acids is 2. The van der Waals surface area contributed by atoms with Crippen molar-refractivity contribution >= 4 is 11.9 Å². The Bertz CT molecular complexity index is 335. The number of rotatable bonds is 5.